The summed E-state index contributed by atoms with van der Waals surface area (Å²) in [6, 6.07) is 0. The highest BCUT2D eigenvalue weighted by Gasteiger charge is 2.46. The Hall–Kier alpha value is -0.680. The number of hydrogen-bond donors (Lipinski definition) is 2. The molecule has 0 radical (unpaired) electrons. The minimum absolute atomic E-state index is 0.0220. The van der Waals surface area contributed by atoms with E-state index < -0.39 is 5.41 Å². The monoisotopic (exact) mass is 271 g/mol. The van der Waals surface area contributed by atoms with Crippen molar-refractivity contribution in [3.63, 3.8) is 0 Å². The first-order valence-electron chi connectivity index (χ1n) is 6.87. The maximum atomic E-state index is 12.1. The highest BCUT2D eigenvalue weighted by molar-refractivity contribution is 7.80. The number of hydrogen-bond acceptors (Lipinski definition) is 3. The minimum atomic E-state index is -0.545. The van der Waals surface area contributed by atoms with Crippen molar-refractivity contribution in [1.82, 2.24) is 10.2 Å². The third kappa shape index (κ3) is 3.42. The molecule has 0 unspecified atom stereocenters. The van der Waals surface area contributed by atoms with Gasteiger partial charge in [-0.25, -0.2) is 0 Å². The largest absolute Gasteiger partial charge is 0.392 e. The Bertz CT molecular complexity index is 303. The molecule has 3 N–H and O–H groups in total. The van der Waals surface area contributed by atoms with Gasteiger partial charge in [-0.05, 0) is 32.4 Å². The molecule has 5 heteroatoms. The molecule has 1 saturated carbocycles. The Morgan fingerprint density at radius 1 is 1.39 bits per heavy atom. The first-order valence-corrected chi connectivity index (χ1v) is 7.28. The quantitative estimate of drug-likeness (QED) is 0.653. The molecule has 0 saturated heterocycles. The first-order chi connectivity index (χ1) is 8.56. The molecule has 1 fully saturated rings. The van der Waals surface area contributed by atoms with Crippen LogP contribution in [0.1, 0.15) is 39.5 Å². The van der Waals surface area contributed by atoms with Crippen LogP contribution in [0.4, 0.5) is 0 Å². The average molecular weight is 271 g/mol. The van der Waals surface area contributed by atoms with Crippen LogP contribution in [0.5, 0.6) is 0 Å². The molecule has 0 spiro atoms. The Kier molecular flexibility index (Phi) is 6.02. The van der Waals surface area contributed by atoms with E-state index in [1.807, 2.05) is 0 Å². The van der Waals surface area contributed by atoms with Crippen LogP contribution in [-0.2, 0) is 4.79 Å². The molecular weight excluding hydrogens is 246 g/mol. The zero-order chi connectivity index (χ0) is 13.6. The highest BCUT2D eigenvalue weighted by Crippen LogP contribution is 2.41. The van der Waals surface area contributed by atoms with Gasteiger partial charge >= 0.3 is 0 Å². The Balaban J connectivity index is 2.34. The second kappa shape index (κ2) is 7.04. The van der Waals surface area contributed by atoms with Crippen molar-refractivity contribution in [3.8, 4) is 0 Å². The van der Waals surface area contributed by atoms with E-state index in [0.717, 1.165) is 45.3 Å². The molecular formula is C13H25N3OS. The molecule has 0 heterocycles. The van der Waals surface area contributed by atoms with E-state index in [9.17, 15) is 4.79 Å². The van der Waals surface area contributed by atoms with E-state index in [1.54, 1.807) is 0 Å². The van der Waals surface area contributed by atoms with E-state index >= 15 is 0 Å². The molecule has 1 amide bonds. The molecule has 0 aromatic rings. The molecule has 104 valence electrons. The summed E-state index contributed by atoms with van der Waals surface area (Å²) in [5, 5.41) is 2.98. The number of nitrogens with two attached hydrogens (primary N) is 1. The number of nitrogens with zero attached hydrogens (tertiary/aromatic N) is 1. The van der Waals surface area contributed by atoms with Crippen LogP contribution in [0.25, 0.3) is 0 Å². The van der Waals surface area contributed by atoms with Gasteiger partial charge in [0.05, 0.1) is 10.4 Å². The number of thiocarbonyl (C=S) groups is 1. The fraction of sp³-hybridized carbons (Fsp3) is 0.846. The molecule has 0 aromatic heterocycles. The van der Waals surface area contributed by atoms with Crippen LogP contribution in [-0.4, -0.2) is 42.0 Å². The molecule has 4 nitrogen and oxygen atoms in total. The zero-order valence-electron chi connectivity index (χ0n) is 11.5. The predicted octanol–water partition coefficient (Wildman–Crippen LogP) is 1.29. The second-order valence-corrected chi connectivity index (χ2v) is 5.43. The number of amides is 1. The average Bonchev–Trinajstić information content (AvgIpc) is 2.25. The number of likely N-dealkylation sites (N-methyl/N-ethyl adjacent to an activating group) is 1. The van der Waals surface area contributed by atoms with Gasteiger partial charge in [0.1, 0.15) is 0 Å². The third-order valence-electron chi connectivity index (χ3n) is 3.81. The van der Waals surface area contributed by atoms with Gasteiger partial charge in [-0.2, -0.15) is 0 Å². The summed E-state index contributed by atoms with van der Waals surface area (Å²) in [6.45, 7) is 7.97. The van der Waals surface area contributed by atoms with Gasteiger partial charge < -0.3 is 16.0 Å². The van der Waals surface area contributed by atoms with Crippen molar-refractivity contribution in [1.29, 1.82) is 0 Å². The molecule has 0 aliphatic heterocycles. The van der Waals surface area contributed by atoms with Crippen LogP contribution < -0.4 is 11.1 Å². The van der Waals surface area contributed by atoms with Gasteiger partial charge in [0.2, 0.25) is 5.91 Å². The minimum Gasteiger partial charge on any atom is -0.392 e. The van der Waals surface area contributed by atoms with Gasteiger partial charge in [0.25, 0.3) is 0 Å². The summed E-state index contributed by atoms with van der Waals surface area (Å²) in [7, 11) is 0. The van der Waals surface area contributed by atoms with Crippen LogP contribution in [0.15, 0.2) is 0 Å². The van der Waals surface area contributed by atoms with Gasteiger partial charge in [-0.3, -0.25) is 4.79 Å². The molecule has 0 atom stereocenters. The molecule has 18 heavy (non-hydrogen) atoms. The van der Waals surface area contributed by atoms with Gasteiger partial charge in [-0.15, -0.1) is 0 Å². The van der Waals surface area contributed by atoms with Crippen molar-refractivity contribution in [2.24, 2.45) is 11.1 Å². The fourth-order valence-corrected chi connectivity index (χ4v) is 2.65. The zero-order valence-corrected chi connectivity index (χ0v) is 12.3. The lowest BCUT2D eigenvalue weighted by atomic mass is 9.68. The van der Waals surface area contributed by atoms with Crippen LogP contribution >= 0.6 is 12.2 Å². The van der Waals surface area contributed by atoms with Crippen LogP contribution in [0.3, 0.4) is 0 Å². The predicted molar refractivity (Wildman–Crippen MR) is 78.5 cm³/mol. The maximum absolute atomic E-state index is 12.1. The summed E-state index contributed by atoms with van der Waals surface area (Å²) in [5.41, 5.74) is 5.15. The molecule has 1 rings (SSSR count). The summed E-state index contributed by atoms with van der Waals surface area (Å²) in [4.78, 5) is 14.8. The van der Waals surface area contributed by atoms with E-state index in [-0.39, 0.29) is 5.91 Å². The third-order valence-corrected chi connectivity index (χ3v) is 4.20. The van der Waals surface area contributed by atoms with E-state index in [4.69, 9.17) is 18.0 Å². The van der Waals surface area contributed by atoms with Crippen molar-refractivity contribution in [2.45, 2.75) is 39.5 Å². The van der Waals surface area contributed by atoms with E-state index in [2.05, 4.69) is 24.1 Å². The number of carbonyl (C=O) groups is 1. The molecule has 0 aromatic carbocycles. The van der Waals surface area contributed by atoms with Crippen LogP contribution in [0, 0.1) is 5.41 Å². The van der Waals surface area contributed by atoms with Crippen molar-refractivity contribution >= 4 is 23.1 Å². The lowest BCUT2D eigenvalue weighted by molar-refractivity contribution is -0.130. The number of nitrogens with one attached hydrogen (secondary N) is 1. The topological polar surface area (TPSA) is 58.4 Å². The van der Waals surface area contributed by atoms with Crippen LogP contribution in [0.2, 0.25) is 0 Å². The summed E-state index contributed by atoms with van der Waals surface area (Å²) in [6.07, 6.45) is 3.79. The SMILES string of the molecule is CCCN(CC)CCNC(=O)C1(C(N)=S)CCC1. The highest BCUT2D eigenvalue weighted by atomic mass is 32.1. The molecule has 1 aliphatic rings. The van der Waals surface area contributed by atoms with Gasteiger partial charge in [0, 0.05) is 13.1 Å². The smallest absolute Gasteiger partial charge is 0.233 e. The lowest BCUT2D eigenvalue weighted by Crippen LogP contribution is -2.54. The van der Waals surface area contributed by atoms with Crippen molar-refractivity contribution < 1.29 is 4.79 Å². The normalized spacial score (nSPS) is 17.3. The number of carbonyl (C=O) groups excluding carboxylic acids is 1. The van der Waals surface area contributed by atoms with Crippen molar-refractivity contribution in [2.75, 3.05) is 26.2 Å². The summed E-state index contributed by atoms with van der Waals surface area (Å²) in [5.74, 6) is 0.0220. The Labute approximate surface area is 115 Å². The van der Waals surface area contributed by atoms with Gasteiger partial charge in [-0.1, -0.05) is 32.5 Å². The standard InChI is InChI=1S/C13H25N3OS/c1-3-9-16(4-2)10-8-15-12(17)13(11(14)18)6-5-7-13/h3-10H2,1-2H3,(H2,14,18)(H,15,17). The Morgan fingerprint density at radius 3 is 2.44 bits per heavy atom. The van der Waals surface area contributed by atoms with E-state index in [1.165, 1.54) is 0 Å². The fourth-order valence-electron chi connectivity index (χ4n) is 2.36. The maximum Gasteiger partial charge on any atom is 0.233 e. The number of rotatable bonds is 8. The van der Waals surface area contributed by atoms with E-state index in [0.29, 0.717) is 11.5 Å². The summed E-state index contributed by atoms with van der Waals surface area (Å²) < 4.78 is 0. The second-order valence-electron chi connectivity index (χ2n) is 4.99. The van der Waals surface area contributed by atoms with Gasteiger partial charge in [0.15, 0.2) is 0 Å². The lowest BCUT2D eigenvalue weighted by Gasteiger charge is -2.39. The van der Waals surface area contributed by atoms with Crippen molar-refractivity contribution in [3.05, 3.63) is 0 Å². The molecule has 1 aliphatic carbocycles. The Morgan fingerprint density at radius 2 is 2.06 bits per heavy atom. The summed E-state index contributed by atoms with van der Waals surface area (Å²) >= 11 is 5.03. The molecule has 0 bridgehead atoms. The first kappa shape index (κ1) is 15.4.